The molecule has 0 aromatic heterocycles. The topological polar surface area (TPSA) is 87.2 Å². The Morgan fingerprint density at radius 3 is 1.76 bits per heavy atom. The quantitative estimate of drug-likeness (QED) is 0.209. The lowest BCUT2D eigenvalue weighted by Gasteiger charge is -2.25. The molecule has 7 nitrogen and oxygen atoms in total. The summed E-state index contributed by atoms with van der Waals surface area (Å²) in [5, 5.41) is 9.37. The molecule has 0 heterocycles. The van der Waals surface area contributed by atoms with Gasteiger partial charge in [0.25, 0.3) is 11.8 Å². The second-order valence-corrected chi connectivity index (χ2v) is 9.93. The average molecular weight is 565 g/mol. The molecule has 0 spiro atoms. The molecule has 4 aromatic rings. The van der Waals surface area contributed by atoms with Crippen molar-refractivity contribution in [3.05, 3.63) is 125 Å². The lowest BCUT2D eigenvalue weighted by molar-refractivity contribution is -0.137. The third-order valence-corrected chi connectivity index (χ3v) is 7.20. The number of carboxylic acid groups (broad SMARTS) is 1. The molecular formula is C35H36N2O5. The van der Waals surface area contributed by atoms with E-state index in [4.69, 9.17) is 4.74 Å². The Balaban J connectivity index is 1.64. The van der Waals surface area contributed by atoms with Gasteiger partial charge in [-0.15, -0.1) is 0 Å². The maximum atomic E-state index is 14.0. The summed E-state index contributed by atoms with van der Waals surface area (Å²) in [6.07, 6.45) is 0.383. The first-order valence-corrected chi connectivity index (χ1v) is 14.1. The zero-order chi connectivity index (χ0) is 29.9. The van der Waals surface area contributed by atoms with Crippen molar-refractivity contribution < 1.29 is 24.2 Å². The first kappa shape index (κ1) is 30.1. The second kappa shape index (κ2) is 14.6. The van der Waals surface area contributed by atoms with Crippen LogP contribution in [0.2, 0.25) is 0 Å². The number of aliphatic carboxylic acids is 1. The van der Waals surface area contributed by atoms with Crippen LogP contribution in [0, 0.1) is 0 Å². The van der Waals surface area contributed by atoms with Gasteiger partial charge in [0, 0.05) is 37.3 Å². The third-order valence-electron chi connectivity index (χ3n) is 7.20. The molecule has 0 unspecified atom stereocenters. The van der Waals surface area contributed by atoms with Gasteiger partial charge < -0.3 is 19.6 Å². The summed E-state index contributed by atoms with van der Waals surface area (Å²) < 4.78 is 5.23. The maximum absolute atomic E-state index is 14.0. The van der Waals surface area contributed by atoms with E-state index >= 15 is 0 Å². The van der Waals surface area contributed by atoms with E-state index < -0.39 is 5.97 Å². The van der Waals surface area contributed by atoms with E-state index in [1.165, 1.54) is 0 Å². The molecule has 4 aromatic carbocycles. The molecule has 2 amide bonds. The van der Waals surface area contributed by atoms with Crippen LogP contribution in [0.3, 0.4) is 0 Å². The molecule has 7 heteroatoms. The van der Waals surface area contributed by atoms with Crippen molar-refractivity contribution in [3.63, 3.8) is 0 Å². The minimum atomic E-state index is -0.973. The predicted molar refractivity (Wildman–Crippen MR) is 164 cm³/mol. The Bertz CT molecular complexity index is 1500. The van der Waals surface area contributed by atoms with E-state index in [1.54, 1.807) is 35.1 Å². The van der Waals surface area contributed by atoms with Gasteiger partial charge in [0.2, 0.25) is 0 Å². The number of carbonyl (C=O) groups excluding carboxylic acids is 2. The number of carboxylic acids is 1. The molecule has 0 radical (unpaired) electrons. The van der Waals surface area contributed by atoms with Gasteiger partial charge in [-0.2, -0.15) is 0 Å². The van der Waals surface area contributed by atoms with Gasteiger partial charge in [-0.1, -0.05) is 78.9 Å². The minimum Gasteiger partial charge on any atom is -0.497 e. The van der Waals surface area contributed by atoms with E-state index in [-0.39, 0.29) is 24.8 Å². The fourth-order valence-corrected chi connectivity index (χ4v) is 4.88. The van der Waals surface area contributed by atoms with E-state index in [2.05, 4.69) is 0 Å². The highest BCUT2D eigenvalue weighted by Crippen LogP contribution is 2.29. The summed E-state index contributed by atoms with van der Waals surface area (Å²) in [6.45, 7) is 3.36. The van der Waals surface area contributed by atoms with Crippen LogP contribution in [0.1, 0.15) is 45.2 Å². The number of amides is 2. The summed E-state index contributed by atoms with van der Waals surface area (Å²) in [5.74, 6) is -0.634. The maximum Gasteiger partial charge on any atom is 0.305 e. The number of nitrogens with zero attached hydrogens (tertiary/aromatic N) is 2. The molecule has 42 heavy (non-hydrogen) atoms. The molecule has 216 valence electrons. The van der Waals surface area contributed by atoms with Crippen LogP contribution in [0.5, 0.6) is 5.75 Å². The molecule has 0 fully saturated rings. The van der Waals surface area contributed by atoms with Crippen molar-refractivity contribution in [1.29, 1.82) is 0 Å². The molecule has 0 bridgehead atoms. The van der Waals surface area contributed by atoms with Gasteiger partial charge in [-0.25, -0.2) is 0 Å². The van der Waals surface area contributed by atoms with Gasteiger partial charge in [0.1, 0.15) is 5.75 Å². The number of ether oxygens (including phenoxy) is 1. The van der Waals surface area contributed by atoms with Crippen LogP contribution < -0.4 is 4.74 Å². The monoisotopic (exact) mass is 564 g/mol. The smallest absolute Gasteiger partial charge is 0.305 e. The summed E-state index contributed by atoms with van der Waals surface area (Å²) in [7, 11) is 1.60. The SMILES string of the molecule is CCN(Cc1ccccc1)C(=O)c1ccccc1-c1ccccc1C(=O)N(CCC(=O)O)CCc1ccc(OC)cc1. The van der Waals surface area contributed by atoms with Crippen molar-refractivity contribution in [3.8, 4) is 16.9 Å². The van der Waals surface area contributed by atoms with Gasteiger partial charge in [-0.3, -0.25) is 14.4 Å². The highest BCUT2D eigenvalue weighted by molar-refractivity contribution is 6.06. The average Bonchev–Trinajstić information content (AvgIpc) is 3.03. The van der Waals surface area contributed by atoms with Crippen LogP contribution in [0.25, 0.3) is 11.1 Å². The molecule has 0 saturated heterocycles. The van der Waals surface area contributed by atoms with Crippen molar-refractivity contribution in [1.82, 2.24) is 9.80 Å². The minimum absolute atomic E-state index is 0.0694. The van der Waals surface area contributed by atoms with Crippen molar-refractivity contribution in [2.75, 3.05) is 26.7 Å². The van der Waals surface area contributed by atoms with E-state index in [0.717, 1.165) is 16.9 Å². The zero-order valence-electron chi connectivity index (χ0n) is 24.0. The van der Waals surface area contributed by atoms with Gasteiger partial charge in [0.05, 0.1) is 13.5 Å². The molecular weight excluding hydrogens is 528 g/mol. The number of hydrogen-bond acceptors (Lipinski definition) is 4. The van der Waals surface area contributed by atoms with Gasteiger partial charge >= 0.3 is 5.97 Å². The van der Waals surface area contributed by atoms with Crippen LogP contribution in [-0.4, -0.2) is 59.4 Å². The summed E-state index contributed by atoms with van der Waals surface area (Å²) >= 11 is 0. The summed E-state index contributed by atoms with van der Waals surface area (Å²) in [6, 6.07) is 32.0. The number of methoxy groups -OCH3 is 1. The van der Waals surface area contributed by atoms with Crippen molar-refractivity contribution in [2.45, 2.75) is 26.3 Å². The number of hydrogen-bond donors (Lipinski definition) is 1. The van der Waals surface area contributed by atoms with Crippen LogP contribution in [-0.2, 0) is 17.8 Å². The molecule has 1 N–H and O–H groups in total. The van der Waals surface area contributed by atoms with Crippen LogP contribution in [0.15, 0.2) is 103 Å². The fraction of sp³-hybridized carbons (Fsp3) is 0.229. The Morgan fingerprint density at radius 1 is 0.667 bits per heavy atom. The lowest BCUT2D eigenvalue weighted by Crippen LogP contribution is -2.35. The molecule has 4 rings (SSSR count). The van der Waals surface area contributed by atoms with Crippen molar-refractivity contribution >= 4 is 17.8 Å². The Kier molecular flexibility index (Phi) is 10.5. The van der Waals surface area contributed by atoms with Gasteiger partial charge in [0.15, 0.2) is 0 Å². The van der Waals surface area contributed by atoms with Crippen molar-refractivity contribution in [2.24, 2.45) is 0 Å². The Labute approximate surface area is 247 Å². The predicted octanol–water partition coefficient (Wildman–Crippen LogP) is 6.18. The zero-order valence-corrected chi connectivity index (χ0v) is 24.0. The molecule has 0 saturated carbocycles. The third kappa shape index (κ3) is 7.63. The normalized spacial score (nSPS) is 10.6. The van der Waals surface area contributed by atoms with E-state index in [0.29, 0.717) is 48.3 Å². The lowest BCUT2D eigenvalue weighted by atomic mass is 9.93. The first-order valence-electron chi connectivity index (χ1n) is 14.1. The van der Waals surface area contributed by atoms with Gasteiger partial charge in [-0.05, 0) is 59.9 Å². The largest absolute Gasteiger partial charge is 0.497 e. The molecule has 0 aliphatic heterocycles. The Hall–Kier alpha value is -4.91. The molecule has 0 aliphatic rings. The standard InChI is InChI=1S/C35H36N2O5/c1-3-36(25-27-11-5-4-6-12-27)34(40)31-15-9-7-13-29(31)30-14-8-10-16-32(30)35(41)37(24-22-33(38)39)23-21-26-17-19-28(42-2)20-18-26/h4-20H,3,21-25H2,1-2H3,(H,38,39). The molecule has 0 aliphatic carbocycles. The van der Waals surface area contributed by atoms with Crippen LogP contribution in [0.4, 0.5) is 0 Å². The number of benzene rings is 4. The number of rotatable bonds is 13. The number of carbonyl (C=O) groups is 3. The highest BCUT2D eigenvalue weighted by atomic mass is 16.5. The van der Waals surface area contributed by atoms with Crippen LogP contribution >= 0.6 is 0 Å². The Morgan fingerprint density at radius 2 is 1.21 bits per heavy atom. The van der Waals surface area contributed by atoms with E-state index in [9.17, 15) is 19.5 Å². The second-order valence-electron chi connectivity index (χ2n) is 9.93. The summed E-state index contributed by atoms with van der Waals surface area (Å²) in [4.78, 5) is 42.6. The summed E-state index contributed by atoms with van der Waals surface area (Å²) in [5.41, 5.74) is 4.26. The van der Waals surface area contributed by atoms with E-state index in [1.807, 2.05) is 91.9 Å². The molecule has 0 atom stereocenters. The highest BCUT2D eigenvalue weighted by Gasteiger charge is 2.24. The first-order chi connectivity index (χ1) is 20.4. The fourth-order valence-electron chi connectivity index (χ4n) is 4.88.